The summed E-state index contributed by atoms with van der Waals surface area (Å²) in [6, 6.07) is 7.31. The van der Waals surface area contributed by atoms with Gasteiger partial charge in [0.1, 0.15) is 5.52 Å². The molecule has 1 amide bonds. The molecular formula is C15H14N6O. The zero-order valence-electron chi connectivity index (χ0n) is 11.8. The number of hydrogen-bond acceptors (Lipinski definition) is 5. The van der Waals surface area contributed by atoms with Crippen molar-refractivity contribution >= 4 is 22.6 Å². The van der Waals surface area contributed by atoms with Crippen molar-refractivity contribution in [3.8, 4) is 0 Å². The maximum absolute atomic E-state index is 12.2. The molecular weight excluding hydrogens is 280 g/mol. The van der Waals surface area contributed by atoms with Crippen LogP contribution >= 0.6 is 0 Å². The van der Waals surface area contributed by atoms with Gasteiger partial charge in [0.2, 0.25) is 5.82 Å². The van der Waals surface area contributed by atoms with Crippen molar-refractivity contribution in [1.82, 2.24) is 25.0 Å². The summed E-state index contributed by atoms with van der Waals surface area (Å²) in [4.78, 5) is 16.4. The lowest BCUT2D eigenvalue weighted by Gasteiger charge is -2.01. The third kappa shape index (κ3) is 2.65. The van der Waals surface area contributed by atoms with Crippen LogP contribution in [0.1, 0.15) is 23.5 Å². The summed E-state index contributed by atoms with van der Waals surface area (Å²) in [6.07, 6.45) is 5.98. The van der Waals surface area contributed by atoms with Crippen molar-refractivity contribution < 1.29 is 4.79 Å². The van der Waals surface area contributed by atoms with E-state index >= 15 is 0 Å². The molecule has 0 spiro atoms. The number of rotatable bonds is 4. The topological polar surface area (TPSA) is 85.6 Å². The van der Waals surface area contributed by atoms with Crippen molar-refractivity contribution in [2.45, 2.75) is 19.4 Å². The molecule has 110 valence electrons. The molecule has 1 aliphatic rings. The molecule has 0 saturated heterocycles. The molecule has 0 unspecified atom stereocenters. The van der Waals surface area contributed by atoms with E-state index in [0.29, 0.717) is 16.7 Å². The molecule has 1 aromatic carbocycles. The van der Waals surface area contributed by atoms with Crippen LogP contribution in [0.2, 0.25) is 0 Å². The number of carbonyl (C=O) groups is 1. The fourth-order valence-corrected chi connectivity index (χ4v) is 2.26. The molecule has 1 N–H and O–H groups in total. The van der Waals surface area contributed by atoms with Crippen LogP contribution in [0.15, 0.2) is 36.7 Å². The van der Waals surface area contributed by atoms with Gasteiger partial charge >= 0.3 is 0 Å². The average molecular weight is 294 g/mol. The lowest BCUT2D eigenvalue weighted by atomic mass is 10.3. The van der Waals surface area contributed by atoms with E-state index in [1.54, 1.807) is 18.3 Å². The standard InChI is InChI=1S/C15H14N6O/c22-15(14-18-12-3-1-2-4-13(12)19-20-14)17-11-7-16-21(9-11)8-10-5-6-10/h1-4,7,9-10H,5-6,8H2,(H,17,22). The minimum atomic E-state index is -0.385. The second-order valence-corrected chi connectivity index (χ2v) is 5.47. The highest BCUT2D eigenvalue weighted by Crippen LogP contribution is 2.30. The summed E-state index contributed by atoms with van der Waals surface area (Å²) in [6.45, 7) is 0.907. The first-order valence-electron chi connectivity index (χ1n) is 7.21. The van der Waals surface area contributed by atoms with Gasteiger partial charge in [-0.15, -0.1) is 10.2 Å². The average Bonchev–Trinajstić information content (AvgIpc) is 3.25. The van der Waals surface area contributed by atoms with Gasteiger partial charge in [-0.1, -0.05) is 12.1 Å². The number of nitrogens with one attached hydrogen (secondary N) is 1. The van der Waals surface area contributed by atoms with Gasteiger partial charge in [0.15, 0.2) is 0 Å². The molecule has 7 heteroatoms. The first-order chi connectivity index (χ1) is 10.8. The van der Waals surface area contributed by atoms with E-state index in [-0.39, 0.29) is 11.7 Å². The summed E-state index contributed by atoms with van der Waals surface area (Å²) in [5.74, 6) is 0.398. The molecule has 22 heavy (non-hydrogen) atoms. The number of amides is 1. The van der Waals surface area contributed by atoms with E-state index in [2.05, 4.69) is 25.6 Å². The van der Waals surface area contributed by atoms with E-state index < -0.39 is 0 Å². The van der Waals surface area contributed by atoms with Crippen LogP contribution in [-0.2, 0) is 6.54 Å². The van der Waals surface area contributed by atoms with Crippen LogP contribution < -0.4 is 5.32 Å². The number of anilines is 1. The highest BCUT2D eigenvalue weighted by atomic mass is 16.2. The van der Waals surface area contributed by atoms with Crippen molar-refractivity contribution in [1.29, 1.82) is 0 Å². The Bertz CT molecular complexity index is 839. The van der Waals surface area contributed by atoms with Gasteiger partial charge in [0, 0.05) is 12.7 Å². The molecule has 1 fully saturated rings. The maximum Gasteiger partial charge on any atom is 0.295 e. The first kappa shape index (κ1) is 12.9. The SMILES string of the molecule is O=C(Nc1cnn(CC2CC2)c1)c1nnc2ccccc2n1. The molecule has 2 heterocycles. The van der Waals surface area contributed by atoms with Gasteiger partial charge in [-0.3, -0.25) is 9.48 Å². The Labute approximate surface area is 126 Å². The predicted molar refractivity (Wildman–Crippen MR) is 80.2 cm³/mol. The molecule has 1 aliphatic carbocycles. The smallest absolute Gasteiger partial charge is 0.295 e. The van der Waals surface area contributed by atoms with Crippen LogP contribution in [0.3, 0.4) is 0 Å². The largest absolute Gasteiger partial charge is 0.316 e. The first-order valence-corrected chi connectivity index (χ1v) is 7.21. The zero-order valence-corrected chi connectivity index (χ0v) is 11.8. The van der Waals surface area contributed by atoms with Crippen LogP contribution in [0, 0.1) is 5.92 Å². The number of aromatic nitrogens is 5. The van der Waals surface area contributed by atoms with Crippen LogP contribution in [0.4, 0.5) is 5.69 Å². The van der Waals surface area contributed by atoms with Crippen molar-refractivity contribution in [3.05, 3.63) is 42.5 Å². The second kappa shape index (κ2) is 5.18. The Kier molecular flexibility index (Phi) is 3.03. The fourth-order valence-electron chi connectivity index (χ4n) is 2.26. The highest BCUT2D eigenvalue weighted by molar-refractivity contribution is 6.01. The molecule has 0 aliphatic heterocycles. The number of benzene rings is 1. The number of fused-ring (bicyclic) bond motifs is 1. The molecule has 1 saturated carbocycles. The molecule has 0 radical (unpaired) electrons. The fraction of sp³-hybridized carbons (Fsp3) is 0.267. The van der Waals surface area contributed by atoms with Gasteiger partial charge in [-0.05, 0) is 30.9 Å². The van der Waals surface area contributed by atoms with Gasteiger partial charge in [-0.25, -0.2) is 4.98 Å². The molecule has 0 bridgehead atoms. The maximum atomic E-state index is 12.2. The number of carbonyl (C=O) groups excluding carboxylic acids is 1. The van der Waals surface area contributed by atoms with E-state index in [4.69, 9.17) is 0 Å². The van der Waals surface area contributed by atoms with Crippen molar-refractivity contribution in [3.63, 3.8) is 0 Å². The monoisotopic (exact) mass is 294 g/mol. The summed E-state index contributed by atoms with van der Waals surface area (Å²) in [5.41, 5.74) is 1.95. The van der Waals surface area contributed by atoms with Crippen molar-refractivity contribution in [2.24, 2.45) is 5.92 Å². The molecule has 3 aromatic rings. The third-order valence-corrected chi connectivity index (χ3v) is 3.60. The van der Waals surface area contributed by atoms with Crippen LogP contribution in [0.5, 0.6) is 0 Å². The Morgan fingerprint density at radius 3 is 2.86 bits per heavy atom. The highest BCUT2D eigenvalue weighted by Gasteiger charge is 2.22. The molecule has 2 aromatic heterocycles. The summed E-state index contributed by atoms with van der Waals surface area (Å²) >= 11 is 0. The Morgan fingerprint density at radius 1 is 1.23 bits per heavy atom. The second-order valence-electron chi connectivity index (χ2n) is 5.47. The van der Waals surface area contributed by atoms with Crippen molar-refractivity contribution in [2.75, 3.05) is 5.32 Å². The Morgan fingerprint density at radius 2 is 2.05 bits per heavy atom. The minimum Gasteiger partial charge on any atom is -0.316 e. The quantitative estimate of drug-likeness (QED) is 0.794. The van der Waals surface area contributed by atoms with Crippen LogP contribution in [-0.4, -0.2) is 30.9 Å². The lowest BCUT2D eigenvalue weighted by Crippen LogP contribution is -2.16. The number of hydrogen-bond donors (Lipinski definition) is 1. The van der Waals surface area contributed by atoms with Gasteiger partial charge < -0.3 is 5.32 Å². The molecule has 7 nitrogen and oxygen atoms in total. The summed E-state index contributed by atoms with van der Waals surface area (Å²) in [5, 5.41) is 14.9. The predicted octanol–water partition coefficient (Wildman–Crippen LogP) is 1.88. The van der Waals surface area contributed by atoms with Gasteiger partial charge in [0.25, 0.3) is 5.91 Å². The van der Waals surface area contributed by atoms with Gasteiger partial charge in [-0.2, -0.15) is 5.10 Å². The Balaban J connectivity index is 1.51. The van der Waals surface area contributed by atoms with Gasteiger partial charge in [0.05, 0.1) is 17.4 Å². The van der Waals surface area contributed by atoms with E-state index in [1.165, 1.54) is 12.8 Å². The van der Waals surface area contributed by atoms with E-state index in [0.717, 1.165) is 12.5 Å². The van der Waals surface area contributed by atoms with E-state index in [9.17, 15) is 4.79 Å². The van der Waals surface area contributed by atoms with E-state index in [1.807, 2.05) is 23.0 Å². The summed E-state index contributed by atoms with van der Waals surface area (Å²) < 4.78 is 1.85. The number of nitrogens with zero attached hydrogens (tertiary/aromatic N) is 5. The lowest BCUT2D eigenvalue weighted by molar-refractivity contribution is 0.101. The third-order valence-electron chi connectivity index (χ3n) is 3.60. The molecule has 0 atom stereocenters. The zero-order chi connectivity index (χ0) is 14.9. The van der Waals surface area contributed by atoms with Crippen LogP contribution in [0.25, 0.3) is 11.0 Å². The summed E-state index contributed by atoms with van der Waals surface area (Å²) in [7, 11) is 0. The molecule has 4 rings (SSSR count). The minimum absolute atomic E-state index is 0.0497. The Hall–Kier alpha value is -2.83. The normalized spacial score (nSPS) is 14.2. The number of para-hydroxylation sites is 1.